The van der Waals surface area contributed by atoms with Crippen LogP contribution < -0.4 is 10.2 Å². The van der Waals surface area contributed by atoms with Crippen LogP contribution in [0.1, 0.15) is 32.8 Å². The van der Waals surface area contributed by atoms with Crippen LogP contribution in [0.2, 0.25) is 0 Å². The van der Waals surface area contributed by atoms with Crippen molar-refractivity contribution in [2.24, 2.45) is 0 Å². The predicted molar refractivity (Wildman–Crippen MR) is 98.3 cm³/mol. The summed E-state index contributed by atoms with van der Waals surface area (Å²) in [6, 6.07) is 7.92. The molecular formula is C18H22N2O3S. The molecule has 1 aromatic heterocycles. The number of thiazole rings is 1. The first-order valence-corrected chi connectivity index (χ1v) is 8.63. The lowest BCUT2D eigenvalue weighted by atomic mass is 10.1. The largest absolute Gasteiger partial charge is 0.444 e. The number of carbonyl (C=O) groups is 1. The van der Waals surface area contributed by atoms with Gasteiger partial charge in [-0.3, -0.25) is 4.79 Å². The lowest BCUT2D eigenvalue weighted by molar-refractivity contribution is 0.0529. The number of carbonyl (C=O) groups excluding carboxylic acids is 1. The summed E-state index contributed by atoms with van der Waals surface area (Å²) in [5.74, 6) is 0. The van der Waals surface area contributed by atoms with Crippen molar-refractivity contribution in [3.8, 4) is 11.3 Å². The van der Waals surface area contributed by atoms with Gasteiger partial charge in [0.2, 0.25) is 0 Å². The molecule has 2 rings (SSSR count). The second-order valence-corrected chi connectivity index (χ2v) is 7.15. The maximum atomic E-state index is 11.5. The maximum Gasteiger partial charge on any atom is 0.407 e. The number of aromatic nitrogens is 1. The normalized spacial score (nSPS) is 11.6. The van der Waals surface area contributed by atoms with Gasteiger partial charge in [0, 0.05) is 11.9 Å². The molecular weight excluding hydrogens is 324 g/mol. The molecule has 2 aromatic rings. The van der Waals surface area contributed by atoms with Crippen LogP contribution >= 0.6 is 11.3 Å². The monoisotopic (exact) mass is 346 g/mol. The van der Waals surface area contributed by atoms with E-state index in [1.807, 2.05) is 62.6 Å². The van der Waals surface area contributed by atoms with E-state index in [1.165, 1.54) is 0 Å². The first-order chi connectivity index (χ1) is 11.3. The Labute approximate surface area is 145 Å². The Hall–Kier alpha value is -2.34. The van der Waals surface area contributed by atoms with Crippen LogP contribution in [0.3, 0.4) is 0 Å². The molecule has 2 N–H and O–H groups in total. The Morgan fingerprint density at radius 2 is 2.00 bits per heavy atom. The molecule has 0 aliphatic rings. The lowest BCUT2D eigenvalue weighted by Crippen LogP contribution is -2.32. The van der Waals surface area contributed by atoms with E-state index in [4.69, 9.17) is 4.74 Å². The summed E-state index contributed by atoms with van der Waals surface area (Å²) in [5.41, 5.74) is 2.40. The van der Waals surface area contributed by atoms with Crippen molar-refractivity contribution in [1.29, 1.82) is 0 Å². The number of hydrogen-bond acceptors (Lipinski definition) is 4. The number of nitrogens with one attached hydrogen (secondary N) is 2. The van der Waals surface area contributed by atoms with Crippen LogP contribution in [0.25, 0.3) is 17.3 Å². The molecule has 0 radical (unpaired) electrons. The molecule has 1 amide bonds. The highest BCUT2D eigenvalue weighted by molar-refractivity contribution is 7.07. The Kier molecular flexibility index (Phi) is 5.98. The van der Waals surface area contributed by atoms with Gasteiger partial charge in [0.15, 0.2) is 0 Å². The topological polar surface area (TPSA) is 71.2 Å². The SMILES string of the molecule is CC(C)(C)OC(=O)NCCC=Cc1ccc(-c2csc(=O)[nH]2)cc1. The van der Waals surface area contributed by atoms with E-state index in [0.29, 0.717) is 6.54 Å². The van der Waals surface area contributed by atoms with Crippen LogP contribution in [-0.4, -0.2) is 23.2 Å². The van der Waals surface area contributed by atoms with E-state index in [9.17, 15) is 9.59 Å². The van der Waals surface area contributed by atoms with Gasteiger partial charge in [0.25, 0.3) is 0 Å². The van der Waals surface area contributed by atoms with Gasteiger partial charge in [-0.25, -0.2) is 4.79 Å². The van der Waals surface area contributed by atoms with Crippen LogP contribution in [0, 0.1) is 0 Å². The minimum Gasteiger partial charge on any atom is -0.444 e. The highest BCUT2D eigenvalue weighted by Crippen LogP contribution is 2.18. The van der Waals surface area contributed by atoms with Crippen LogP contribution in [-0.2, 0) is 4.74 Å². The molecule has 0 fully saturated rings. The van der Waals surface area contributed by atoms with Gasteiger partial charge in [0.1, 0.15) is 5.60 Å². The molecule has 0 unspecified atom stereocenters. The summed E-state index contributed by atoms with van der Waals surface area (Å²) >= 11 is 1.16. The van der Waals surface area contributed by atoms with E-state index in [0.717, 1.165) is 34.6 Å². The third-order valence-electron chi connectivity index (χ3n) is 3.03. The molecule has 0 spiro atoms. The number of hydrogen-bond donors (Lipinski definition) is 2. The first kappa shape index (κ1) is 18.0. The third kappa shape index (κ3) is 6.04. The van der Waals surface area contributed by atoms with Gasteiger partial charge >= 0.3 is 11.0 Å². The zero-order chi connectivity index (χ0) is 17.6. The molecule has 6 heteroatoms. The van der Waals surface area contributed by atoms with Gasteiger partial charge in [-0.1, -0.05) is 47.8 Å². The Morgan fingerprint density at radius 1 is 1.29 bits per heavy atom. The number of benzene rings is 1. The average Bonchev–Trinajstić information content (AvgIpc) is 2.92. The summed E-state index contributed by atoms with van der Waals surface area (Å²) in [7, 11) is 0. The summed E-state index contributed by atoms with van der Waals surface area (Å²) in [4.78, 5) is 25.4. The lowest BCUT2D eigenvalue weighted by Gasteiger charge is -2.19. The van der Waals surface area contributed by atoms with Gasteiger partial charge < -0.3 is 15.0 Å². The number of aromatic amines is 1. The molecule has 0 aliphatic heterocycles. The van der Waals surface area contributed by atoms with Crippen molar-refractivity contribution in [2.75, 3.05) is 6.54 Å². The number of ether oxygens (including phenoxy) is 1. The van der Waals surface area contributed by atoms with Crippen molar-refractivity contribution in [2.45, 2.75) is 32.8 Å². The predicted octanol–water partition coefficient (Wildman–Crippen LogP) is 4.03. The summed E-state index contributed by atoms with van der Waals surface area (Å²) in [6.07, 6.45) is 4.32. The number of amides is 1. The van der Waals surface area contributed by atoms with Gasteiger partial charge in [-0.05, 0) is 38.3 Å². The molecule has 1 aromatic carbocycles. The molecule has 0 bridgehead atoms. The minimum absolute atomic E-state index is 0.0496. The fourth-order valence-corrected chi connectivity index (χ4v) is 2.58. The Bertz CT molecular complexity index is 752. The number of alkyl carbamates (subject to hydrolysis) is 1. The van der Waals surface area contributed by atoms with E-state index in [1.54, 1.807) is 0 Å². The highest BCUT2D eigenvalue weighted by atomic mass is 32.1. The Balaban J connectivity index is 1.78. The zero-order valence-corrected chi connectivity index (χ0v) is 14.9. The van der Waals surface area contributed by atoms with Crippen LogP contribution in [0.15, 0.2) is 40.5 Å². The summed E-state index contributed by atoms with van der Waals surface area (Å²) < 4.78 is 5.16. The summed E-state index contributed by atoms with van der Waals surface area (Å²) in [6.45, 7) is 6.03. The van der Waals surface area contributed by atoms with Gasteiger partial charge in [0.05, 0.1) is 5.69 Å². The van der Waals surface area contributed by atoms with E-state index in [-0.39, 0.29) is 4.87 Å². The van der Waals surface area contributed by atoms with E-state index >= 15 is 0 Å². The van der Waals surface area contributed by atoms with Crippen molar-refractivity contribution >= 4 is 23.5 Å². The molecule has 5 nitrogen and oxygen atoms in total. The van der Waals surface area contributed by atoms with Crippen LogP contribution in [0.4, 0.5) is 4.79 Å². The second-order valence-electron chi connectivity index (χ2n) is 6.30. The molecule has 0 atom stereocenters. The summed E-state index contributed by atoms with van der Waals surface area (Å²) in [5, 5.41) is 4.53. The van der Waals surface area contributed by atoms with Crippen molar-refractivity contribution < 1.29 is 9.53 Å². The molecule has 0 saturated carbocycles. The Morgan fingerprint density at radius 3 is 2.58 bits per heavy atom. The quantitative estimate of drug-likeness (QED) is 0.803. The molecule has 1 heterocycles. The first-order valence-electron chi connectivity index (χ1n) is 7.75. The average molecular weight is 346 g/mol. The van der Waals surface area contributed by atoms with Crippen LogP contribution in [0.5, 0.6) is 0 Å². The zero-order valence-electron chi connectivity index (χ0n) is 14.1. The van der Waals surface area contributed by atoms with Crippen molar-refractivity contribution in [3.63, 3.8) is 0 Å². The van der Waals surface area contributed by atoms with Gasteiger partial charge in [-0.2, -0.15) is 0 Å². The second kappa shape index (κ2) is 7.97. The number of rotatable bonds is 5. The van der Waals surface area contributed by atoms with Crippen molar-refractivity contribution in [3.05, 3.63) is 51.0 Å². The maximum absolute atomic E-state index is 11.5. The van der Waals surface area contributed by atoms with Crippen molar-refractivity contribution in [1.82, 2.24) is 10.3 Å². The fourth-order valence-electron chi connectivity index (χ4n) is 1.99. The third-order valence-corrected chi connectivity index (χ3v) is 3.70. The molecule has 0 saturated heterocycles. The standard InChI is InChI=1S/C18H22N2O3S/c1-18(2,3)23-16(21)19-11-5-4-6-13-7-9-14(10-8-13)15-12-24-17(22)20-15/h4,6-10,12H,5,11H2,1-3H3,(H,19,21)(H,20,22). The fraction of sp³-hybridized carbons (Fsp3) is 0.333. The van der Waals surface area contributed by atoms with Gasteiger partial charge in [-0.15, -0.1) is 0 Å². The number of H-pyrrole nitrogens is 1. The van der Waals surface area contributed by atoms with E-state index < -0.39 is 11.7 Å². The highest BCUT2D eigenvalue weighted by Gasteiger charge is 2.15. The molecule has 24 heavy (non-hydrogen) atoms. The molecule has 128 valence electrons. The van der Waals surface area contributed by atoms with E-state index in [2.05, 4.69) is 10.3 Å². The minimum atomic E-state index is -0.478. The smallest absolute Gasteiger partial charge is 0.407 e. The molecule has 0 aliphatic carbocycles.